The van der Waals surface area contributed by atoms with E-state index in [0.717, 1.165) is 0 Å². The maximum absolute atomic E-state index is 9.70. The number of nitrogens with one attached hydrogen (secondary N) is 2. The molecule has 0 bridgehead atoms. The highest BCUT2D eigenvalue weighted by molar-refractivity contribution is 5.72. The number of carbonyl (C=O) groups is 4. The fourth-order valence-electron chi connectivity index (χ4n) is 0. The first-order chi connectivity index (χ1) is 10.5. The first-order valence-corrected chi connectivity index (χ1v) is 6.36. The Morgan fingerprint density at radius 1 is 0.517 bits per heavy atom. The molecule has 0 aliphatic rings. The van der Waals surface area contributed by atoms with Gasteiger partial charge in [-0.2, -0.15) is 0 Å². The summed E-state index contributed by atoms with van der Waals surface area (Å²) in [6, 6.07) is 0. The Morgan fingerprint density at radius 3 is 0.586 bits per heavy atom. The fourth-order valence-corrected chi connectivity index (χ4v) is 0. The number of methoxy groups -OCH3 is 3. The standard InChI is InChI=1S/2C3H7NO.2C3H6O2.C2H6O.6CH4/c2*1-3(5)4-2;2*1-3(4)5-2;1-3-2;;;;;;/h2*1-2H3,(H,4,5);2*1-2H3;1-2H3;6*1H4. The van der Waals surface area contributed by atoms with Crippen LogP contribution in [0.4, 0.5) is 0 Å². The molecule has 9 heteroatoms. The molecule has 0 aliphatic heterocycles. The molecular formula is C20H56N2O7. The van der Waals surface area contributed by atoms with Crippen LogP contribution in [-0.4, -0.2) is 66.3 Å². The Bertz CT molecular complexity index is 243. The van der Waals surface area contributed by atoms with Gasteiger partial charge in [0.25, 0.3) is 0 Å². The van der Waals surface area contributed by atoms with E-state index in [1.54, 1.807) is 28.3 Å². The van der Waals surface area contributed by atoms with Gasteiger partial charge in [-0.3, -0.25) is 19.2 Å². The molecule has 2 N–H and O–H groups in total. The molecule has 188 valence electrons. The van der Waals surface area contributed by atoms with Crippen LogP contribution < -0.4 is 10.6 Å². The first kappa shape index (κ1) is 71.4. The monoisotopic (exact) mass is 436 g/mol. The summed E-state index contributed by atoms with van der Waals surface area (Å²) < 4.78 is 12.5. The zero-order valence-electron chi connectivity index (χ0n) is 15.9. The van der Waals surface area contributed by atoms with E-state index in [9.17, 15) is 19.2 Å². The lowest BCUT2D eigenvalue weighted by molar-refractivity contribution is -0.138. The predicted molar refractivity (Wildman–Crippen MR) is 128 cm³/mol. The van der Waals surface area contributed by atoms with Gasteiger partial charge in [-0.15, -0.1) is 0 Å². The third-order valence-corrected chi connectivity index (χ3v) is 1.28. The van der Waals surface area contributed by atoms with Gasteiger partial charge in [0.1, 0.15) is 0 Å². The van der Waals surface area contributed by atoms with Crippen molar-refractivity contribution in [3.8, 4) is 0 Å². The summed E-state index contributed by atoms with van der Waals surface area (Å²) in [5, 5.41) is 4.78. The molecule has 0 atom stereocenters. The second kappa shape index (κ2) is 72.4. The molecule has 0 saturated carbocycles. The molecule has 0 unspecified atom stereocenters. The third kappa shape index (κ3) is 431. The van der Waals surface area contributed by atoms with E-state index in [1.807, 2.05) is 0 Å². The van der Waals surface area contributed by atoms with Crippen molar-refractivity contribution in [2.24, 2.45) is 0 Å². The van der Waals surface area contributed by atoms with E-state index in [-0.39, 0.29) is 68.3 Å². The smallest absolute Gasteiger partial charge is 0.302 e. The van der Waals surface area contributed by atoms with Crippen LogP contribution >= 0.6 is 0 Å². The number of ether oxygens (including phenoxy) is 3. The Morgan fingerprint density at radius 2 is 0.586 bits per heavy atom. The van der Waals surface area contributed by atoms with E-state index in [2.05, 4.69) is 24.8 Å². The molecule has 0 aromatic rings. The minimum Gasteiger partial charge on any atom is -0.469 e. The predicted octanol–water partition coefficient (Wildman–Crippen LogP) is 3.94. The van der Waals surface area contributed by atoms with Crippen LogP contribution in [0.25, 0.3) is 0 Å². The van der Waals surface area contributed by atoms with E-state index in [0.29, 0.717) is 0 Å². The van der Waals surface area contributed by atoms with Crippen molar-refractivity contribution >= 4 is 23.8 Å². The average molecular weight is 437 g/mol. The van der Waals surface area contributed by atoms with Gasteiger partial charge in [-0.25, -0.2) is 0 Å². The molecule has 0 aliphatic carbocycles. The number of amides is 2. The molecule has 0 spiro atoms. The van der Waals surface area contributed by atoms with Crippen LogP contribution in [0.5, 0.6) is 0 Å². The van der Waals surface area contributed by atoms with Gasteiger partial charge < -0.3 is 24.8 Å². The Kier molecular flexibility index (Phi) is 178. The zero-order valence-corrected chi connectivity index (χ0v) is 15.9. The molecule has 0 radical (unpaired) electrons. The van der Waals surface area contributed by atoms with Crippen molar-refractivity contribution in [2.45, 2.75) is 72.3 Å². The maximum atomic E-state index is 9.70. The highest BCUT2D eigenvalue weighted by Crippen LogP contribution is 1.60. The zero-order chi connectivity index (χ0) is 19.8. The minimum atomic E-state index is -0.245. The number of hydrogen-bond donors (Lipinski definition) is 2. The lowest BCUT2D eigenvalue weighted by atomic mass is 10.7. The normalized spacial score (nSPS) is 5.31. The van der Waals surface area contributed by atoms with Crippen LogP contribution in [0, 0.1) is 0 Å². The first-order valence-electron chi connectivity index (χ1n) is 6.36. The van der Waals surface area contributed by atoms with E-state index >= 15 is 0 Å². The summed E-state index contributed by atoms with van der Waals surface area (Å²) in [5.41, 5.74) is 0. The average Bonchev–Trinajstić information content (AvgIpc) is 2.49. The van der Waals surface area contributed by atoms with Crippen LogP contribution in [0.15, 0.2) is 0 Å². The van der Waals surface area contributed by atoms with Crippen LogP contribution in [0.3, 0.4) is 0 Å². The highest BCUT2D eigenvalue weighted by Gasteiger charge is 1.76. The van der Waals surface area contributed by atoms with E-state index in [4.69, 9.17) is 0 Å². The number of rotatable bonds is 0. The summed E-state index contributed by atoms with van der Waals surface area (Å²) in [6.45, 7) is 5.67. The summed E-state index contributed by atoms with van der Waals surface area (Å²) in [7, 11) is 9.15. The molecular weight excluding hydrogens is 380 g/mol. The van der Waals surface area contributed by atoms with Gasteiger partial charge in [-0.05, 0) is 0 Å². The molecule has 0 saturated heterocycles. The molecule has 0 aromatic carbocycles. The Balaban J connectivity index is -0.0000000149. The van der Waals surface area contributed by atoms with Gasteiger partial charge in [0.2, 0.25) is 11.8 Å². The van der Waals surface area contributed by atoms with Crippen molar-refractivity contribution in [1.29, 1.82) is 0 Å². The SMILES string of the molecule is C.C.C.C.C.C.CNC(C)=O.CNC(C)=O.COC.COC(C)=O.COC(C)=O. The van der Waals surface area contributed by atoms with Gasteiger partial charge in [0, 0.05) is 56.0 Å². The van der Waals surface area contributed by atoms with Gasteiger partial charge in [-0.1, -0.05) is 44.6 Å². The summed E-state index contributed by atoms with van der Waals surface area (Å²) in [6.07, 6.45) is 0. The lowest BCUT2D eigenvalue weighted by Crippen LogP contribution is -2.11. The maximum Gasteiger partial charge on any atom is 0.302 e. The molecule has 0 aromatic heterocycles. The number of hydrogen-bond acceptors (Lipinski definition) is 7. The van der Waals surface area contributed by atoms with Crippen LogP contribution in [0.1, 0.15) is 72.3 Å². The second-order valence-corrected chi connectivity index (χ2v) is 3.41. The van der Waals surface area contributed by atoms with Crippen LogP contribution in [0.2, 0.25) is 0 Å². The van der Waals surface area contributed by atoms with Crippen molar-refractivity contribution < 1.29 is 33.4 Å². The van der Waals surface area contributed by atoms with Crippen molar-refractivity contribution in [1.82, 2.24) is 10.6 Å². The van der Waals surface area contributed by atoms with Crippen molar-refractivity contribution in [3.63, 3.8) is 0 Å². The fraction of sp³-hybridized carbons (Fsp3) is 0.800. The lowest BCUT2D eigenvalue weighted by Gasteiger charge is -1.80. The van der Waals surface area contributed by atoms with Crippen molar-refractivity contribution in [2.75, 3.05) is 42.5 Å². The topological polar surface area (TPSA) is 120 Å². The minimum absolute atomic E-state index is 0. The van der Waals surface area contributed by atoms with Gasteiger partial charge >= 0.3 is 11.9 Å². The molecule has 0 heterocycles. The highest BCUT2D eigenvalue weighted by atomic mass is 16.5. The van der Waals surface area contributed by atoms with Crippen molar-refractivity contribution in [3.05, 3.63) is 0 Å². The Labute approximate surface area is 183 Å². The molecule has 0 fully saturated rings. The van der Waals surface area contributed by atoms with Gasteiger partial charge in [0.05, 0.1) is 14.2 Å². The molecule has 2 amide bonds. The number of carbonyl (C=O) groups excluding carboxylic acids is 4. The largest absolute Gasteiger partial charge is 0.469 e. The van der Waals surface area contributed by atoms with E-state index in [1.165, 1.54) is 41.9 Å². The van der Waals surface area contributed by atoms with Crippen LogP contribution in [-0.2, 0) is 33.4 Å². The van der Waals surface area contributed by atoms with Gasteiger partial charge in [0.15, 0.2) is 0 Å². The summed E-state index contributed by atoms with van der Waals surface area (Å²) in [5.74, 6) is -0.481. The molecule has 29 heavy (non-hydrogen) atoms. The molecule has 0 rings (SSSR count). The summed E-state index contributed by atoms with van der Waals surface area (Å²) in [4.78, 5) is 38.6. The number of esters is 2. The Hall–Kier alpha value is -2.16. The molecule has 9 nitrogen and oxygen atoms in total. The summed E-state index contributed by atoms with van der Waals surface area (Å²) >= 11 is 0. The second-order valence-electron chi connectivity index (χ2n) is 3.41. The quantitative estimate of drug-likeness (QED) is 0.552. The third-order valence-electron chi connectivity index (χ3n) is 1.28. The van der Waals surface area contributed by atoms with E-state index < -0.39 is 0 Å².